The molecule has 4 heteroatoms. The fraction of sp³-hybridized carbons (Fsp3) is 0. The minimum atomic E-state index is 0.525. The predicted molar refractivity (Wildman–Crippen MR) is 97.4 cm³/mol. The molecule has 0 spiro atoms. The molecular formula is C18H10Cl4. The maximum atomic E-state index is 6.26. The highest BCUT2D eigenvalue weighted by Gasteiger charge is 2.10. The first-order valence-corrected chi connectivity index (χ1v) is 8.07. The second kappa shape index (κ2) is 6.52. The summed E-state index contributed by atoms with van der Waals surface area (Å²) in [4.78, 5) is 0. The Bertz CT molecular complexity index is 782. The summed E-state index contributed by atoms with van der Waals surface area (Å²) in [5, 5.41) is 2.32. The van der Waals surface area contributed by atoms with E-state index in [-0.39, 0.29) is 0 Å². The summed E-state index contributed by atoms with van der Waals surface area (Å²) in [7, 11) is 0. The van der Waals surface area contributed by atoms with Crippen LogP contribution in [0.4, 0.5) is 0 Å². The topological polar surface area (TPSA) is 0 Å². The first-order valence-electron chi connectivity index (χ1n) is 6.55. The van der Waals surface area contributed by atoms with Crippen molar-refractivity contribution in [1.29, 1.82) is 0 Å². The highest BCUT2D eigenvalue weighted by molar-refractivity contribution is 6.41. The molecule has 0 unspecified atom stereocenters. The second-order valence-corrected chi connectivity index (χ2v) is 6.52. The van der Waals surface area contributed by atoms with Crippen LogP contribution in [0.15, 0.2) is 60.7 Å². The van der Waals surface area contributed by atoms with E-state index in [0.717, 1.165) is 27.3 Å². The number of benzene rings is 3. The van der Waals surface area contributed by atoms with E-state index in [1.165, 1.54) is 0 Å². The van der Waals surface area contributed by atoms with Crippen LogP contribution in [0.3, 0.4) is 0 Å². The summed E-state index contributed by atoms with van der Waals surface area (Å²) in [5.41, 5.74) is 3.94. The third-order valence-electron chi connectivity index (χ3n) is 3.36. The average Bonchev–Trinajstić information content (AvgIpc) is 2.48. The zero-order valence-electron chi connectivity index (χ0n) is 11.3. The molecule has 0 radical (unpaired) electrons. The lowest BCUT2D eigenvalue weighted by molar-refractivity contribution is 1.59. The molecule has 3 aromatic carbocycles. The van der Waals surface area contributed by atoms with Gasteiger partial charge in [0.1, 0.15) is 0 Å². The molecular weight excluding hydrogens is 358 g/mol. The van der Waals surface area contributed by atoms with E-state index in [2.05, 4.69) is 0 Å². The van der Waals surface area contributed by atoms with Crippen molar-refractivity contribution in [3.05, 3.63) is 80.8 Å². The van der Waals surface area contributed by atoms with Gasteiger partial charge in [0.25, 0.3) is 0 Å². The molecule has 0 nitrogen and oxygen atoms in total. The summed E-state index contributed by atoms with van der Waals surface area (Å²) in [6.07, 6.45) is 0. The van der Waals surface area contributed by atoms with Gasteiger partial charge in [-0.25, -0.2) is 0 Å². The molecule has 110 valence electrons. The van der Waals surface area contributed by atoms with Crippen molar-refractivity contribution >= 4 is 46.4 Å². The Labute approximate surface area is 149 Å². The molecule has 0 heterocycles. The van der Waals surface area contributed by atoms with Crippen LogP contribution in [-0.4, -0.2) is 0 Å². The molecule has 0 aliphatic heterocycles. The highest BCUT2D eigenvalue weighted by atomic mass is 35.5. The molecule has 0 saturated carbocycles. The van der Waals surface area contributed by atoms with Gasteiger partial charge in [-0.3, -0.25) is 0 Å². The number of hydrogen-bond acceptors (Lipinski definition) is 0. The van der Waals surface area contributed by atoms with Gasteiger partial charge in [-0.2, -0.15) is 0 Å². The molecule has 0 aromatic heterocycles. The Kier molecular flexibility index (Phi) is 4.65. The Hall–Kier alpha value is -1.18. The minimum Gasteiger partial charge on any atom is -0.0843 e. The van der Waals surface area contributed by atoms with Crippen molar-refractivity contribution in [2.75, 3.05) is 0 Å². The van der Waals surface area contributed by atoms with Crippen LogP contribution < -0.4 is 0 Å². The lowest BCUT2D eigenvalue weighted by atomic mass is 10.0. The quantitative estimate of drug-likeness (QED) is 0.436. The fourth-order valence-corrected chi connectivity index (χ4v) is 3.45. The molecule has 0 N–H and O–H groups in total. The van der Waals surface area contributed by atoms with E-state index in [1.54, 1.807) is 12.1 Å². The van der Waals surface area contributed by atoms with Gasteiger partial charge >= 0.3 is 0 Å². The third kappa shape index (κ3) is 3.26. The lowest BCUT2D eigenvalue weighted by Crippen LogP contribution is -1.84. The largest absolute Gasteiger partial charge is 0.0843 e. The summed E-state index contributed by atoms with van der Waals surface area (Å²) < 4.78 is 0. The summed E-state index contributed by atoms with van der Waals surface area (Å²) >= 11 is 24.4. The molecule has 0 saturated heterocycles. The van der Waals surface area contributed by atoms with Gasteiger partial charge in [0.15, 0.2) is 0 Å². The van der Waals surface area contributed by atoms with Crippen LogP contribution in [-0.2, 0) is 0 Å². The van der Waals surface area contributed by atoms with Gasteiger partial charge in [-0.1, -0.05) is 82.8 Å². The van der Waals surface area contributed by atoms with Gasteiger partial charge < -0.3 is 0 Å². The third-order valence-corrected chi connectivity index (χ3v) is 4.42. The molecule has 0 aliphatic rings. The summed E-state index contributed by atoms with van der Waals surface area (Å²) in [5.74, 6) is 0. The second-order valence-electron chi connectivity index (χ2n) is 4.83. The van der Waals surface area contributed by atoms with Crippen LogP contribution in [0, 0.1) is 0 Å². The van der Waals surface area contributed by atoms with E-state index in [0.29, 0.717) is 15.1 Å². The Balaban J connectivity index is 2.00. The summed E-state index contributed by atoms with van der Waals surface area (Å²) in [6.45, 7) is 0. The van der Waals surface area contributed by atoms with Crippen molar-refractivity contribution < 1.29 is 0 Å². The van der Waals surface area contributed by atoms with Crippen molar-refractivity contribution in [2.45, 2.75) is 0 Å². The van der Waals surface area contributed by atoms with Gasteiger partial charge in [0, 0.05) is 15.6 Å². The smallest absolute Gasteiger partial charge is 0.0514 e. The van der Waals surface area contributed by atoms with Crippen molar-refractivity contribution in [2.24, 2.45) is 0 Å². The van der Waals surface area contributed by atoms with Crippen molar-refractivity contribution in [1.82, 2.24) is 0 Å². The molecule has 0 atom stereocenters. The fourth-order valence-electron chi connectivity index (χ4n) is 2.29. The zero-order valence-corrected chi connectivity index (χ0v) is 14.3. The number of rotatable bonds is 2. The Morgan fingerprint density at radius 2 is 0.864 bits per heavy atom. The van der Waals surface area contributed by atoms with Gasteiger partial charge in [-0.05, 0) is 41.0 Å². The molecule has 22 heavy (non-hydrogen) atoms. The number of halogens is 4. The molecule has 0 bridgehead atoms. The molecule has 0 aliphatic carbocycles. The monoisotopic (exact) mass is 366 g/mol. The van der Waals surface area contributed by atoms with Crippen LogP contribution in [0.1, 0.15) is 0 Å². The van der Waals surface area contributed by atoms with E-state index in [1.807, 2.05) is 48.5 Å². The Morgan fingerprint density at radius 1 is 0.455 bits per heavy atom. The van der Waals surface area contributed by atoms with Gasteiger partial charge in [0.2, 0.25) is 0 Å². The predicted octanol–water partition coefficient (Wildman–Crippen LogP) is 7.63. The maximum absolute atomic E-state index is 6.26. The minimum absolute atomic E-state index is 0.525. The normalized spacial score (nSPS) is 10.7. The molecule has 0 fully saturated rings. The molecule has 3 rings (SSSR count). The maximum Gasteiger partial charge on any atom is 0.0514 e. The first kappa shape index (κ1) is 15.7. The van der Waals surface area contributed by atoms with E-state index >= 15 is 0 Å². The standard InChI is InChI=1S/C18H10Cl4/c19-14-7-5-12(6-8-14)11-1-3-13(4-2-11)18-16(21)9-15(20)10-17(18)22/h1-10H. The van der Waals surface area contributed by atoms with Crippen LogP contribution in [0.5, 0.6) is 0 Å². The number of hydrogen-bond donors (Lipinski definition) is 0. The highest BCUT2D eigenvalue weighted by Crippen LogP contribution is 2.37. The Morgan fingerprint density at radius 3 is 1.36 bits per heavy atom. The van der Waals surface area contributed by atoms with Crippen LogP contribution in [0.25, 0.3) is 22.3 Å². The molecule has 3 aromatic rings. The van der Waals surface area contributed by atoms with Gasteiger partial charge in [0.05, 0.1) is 10.0 Å². The van der Waals surface area contributed by atoms with Crippen molar-refractivity contribution in [3.8, 4) is 22.3 Å². The van der Waals surface area contributed by atoms with E-state index in [9.17, 15) is 0 Å². The van der Waals surface area contributed by atoms with Crippen LogP contribution >= 0.6 is 46.4 Å². The summed E-state index contributed by atoms with van der Waals surface area (Å²) in [6, 6.07) is 19.1. The molecule has 0 amide bonds. The first-order chi connectivity index (χ1) is 10.5. The van der Waals surface area contributed by atoms with Crippen molar-refractivity contribution in [3.63, 3.8) is 0 Å². The van der Waals surface area contributed by atoms with E-state index < -0.39 is 0 Å². The SMILES string of the molecule is Clc1ccc(-c2ccc(-c3c(Cl)cc(Cl)cc3Cl)cc2)cc1. The van der Waals surface area contributed by atoms with E-state index in [4.69, 9.17) is 46.4 Å². The average molecular weight is 368 g/mol. The van der Waals surface area contributed by atoms with Crippen LogP contribution in [0.2, 0.25) is 20.1 Å². The zero-order chi connectivity index (χ0) is 15.7. The lowest BCUT2D eigenvalue weighted by Gasteiger charge is -2.09. The van der Waals surface area contributed by atoms with Gasteiger partial charge in [-0.15, -0.1) is 0 Å².